The summed E-state index contributed by atoms with van der Waals surface area (Å²) in [6.07, 6.45) is 1.71. The minimum absolute atomic E-state index is 0.174. The molecular weight excluding hydrogens is 398 g/mol. The molecule has 12 heteroatoms. The fraction of sp³-hybridized carbons (Fsp3) is 0.438. The van der Waals surface area contributed by atoms with E-state index in [1.165, 1.54) is 11.3 Å². The molecule has 2 rings (SSSR count). The summed E-state index contributed by atoms with van der Waals surface area (Å²) in [5.74, 6) is -1.44. The Labute approximate surface area is 162 Å². The predicted molar refractivity (Wildman–Crippen MR) is 97.5 cm³/mol. The second-order valence-electron chi connectivity index (χ2n) is 5.57. The van der Waals surface area contributed by atoms with Crippen LogP contribution in [0.5, 0.6) is 11.5 Å². The first-order valence-electron chi connectivity index (χ1n) is 8.26. The van der Waals surface area contributed by atoms with Crippen molar-refractivity contribution < 1.29 is 28.0 Å². The van der Waals surface area contributed by atoms with E-state index in [2.05, 4.69) is 20.3 Å². The molecule has 28 heavy (non-hydrogen) atoms. The van der Waals surface area contributed by atoms with Crippen LogP contribution in [-0.4, -0.2) is 34.7 Å². The standard InChI is InChI=1S/C16H18F2N4O5S/c1-4-8(5-2)14-20-21-16(28-14)19-13(23)9-6-11(26-3)12(27-15(17)18)7-10(9)22(24)25/h6-8,15H,4-5H2,1-3H3,(H,19,21,23). The number of nitro benzene ring substituents is 1. The Bertz CT molecular complexity index is 858. The molecule has 0 bridgehead atoms. The molecular formula is C16H18F2N4O5S. The number of alkyl halides is 2. The quantitative estimate of drug-likeness (QED) is 0.481. The second kappa shape index (κ2) is 9.35. The largest absolute Gasteiger partial charge is 0.493 e. The number of aromatic nitrogens is 2. The molecule has 0 radical (unpaired) electrons. The fourth-order valence-corrected chi connectivity index (χ4v) is 3.49. The van der Waals surface area contributed by atoms with E-state index in [1.807, 2.05) is 13.8 Å². The average molecular weight is 416 g/mol. The van der Waals surface area contributed by atoms with Crippen LogP contribution in [0.1, 0.15) is 48.0 Å². The SMILES string of the molecule is CCC(CC)c1nnc(NC(=O)c2cc(OC)c(OC(F)F)cc2[N+](=O)[O-])s1. The van der Waals surface area contributed by atoms with Crippen LogP contribution in [-0.2, 0) is 0 Å². The van der Waals surface area contributed by atoms with Crippen LogP contribution in [0, 0.1) is 10.1 Å². The van der Waals surface area contributed by atoms with Gasteiger partial charge < -0.3 is 9.47 Å². The second-order valence-corrected chi connectivity index (χ2v) is 6.58. The van der Waals surface area contributed by atoms with E-state index < -0.39 is 28.9 Å². The molecule has 0 spiro atoms. The molecule has 1 amide bonds. The minimum atomic E-state index is -3.21. The number of ether oxygens (including phenoxy) is 2. The van der Waals surface area contributed by atoms with E-state index in [-0.39, 0.29) is 22.4 Å². The van der Waals surface area contributed by atoms with Gasteiger partial charge in [0.05, 0.1) is 18.1 Å². The molecule has 9 nitrogen and oxygen atoms in total. The van der Waals surface area contributed by atoms with Gasteiger partial charge in [-0.15, -0.1) is 10.2 Å². The van der Waals surface area contributed by atoms with Crippen LogP contribution in [0.4, 0.5) is 19.6 Å². The van der Waals surface area contributed by atoms with Crippen LogP contribution < -0.4 is 14.8 Å². The number of hydrogen-bond acceptors (Lipinski definition) is 8. The maximum Gasteiger partial charge on any atom is 0.387 e. The zero-order chi connectivity index (χ0) is 20.8. The summed E-state index contributed by atoms with van der Waals surface area (Å²) in [7, 11) is 1.16. The maximum atomic E-state index is 12.5. The third-order valence-corrected chi connectivity index (χ3v) is 4.94. The zero-order valence-electron chi connectivity index (χ0n) is 15.3. The molecule has 0 saturated heterocycles. The third kappa shape index (κ3) is 4.88. The van der Waals surface area contributed by atoms with Crippen molar-refractivity contribution >= 4 is 28.1 Å². The van der Waals surface area contributed by atoms with Crippen LogP contribution >= 0.6 is 11.3 Å². The van der Waals surface area contributed by atoms with Gasteiger partial charge in [-0.3, -0.25) is 20.2 Å². The van der Waals surface area contributed by atoms with Crippen LogP contribution in [0.15, 0.2) is 12.1 Å². The van der Waals surface area contributed by atoms with Crippen molar-refractivity contribution in [2.45, 2.75) is 39.2 Å². The Kier molecular flexibility index (Phi) is 7.15. The summed E-state index contributed by atoms with van der Waals surface area (Å²) in [6, 6.07) is 1.68. The number of nitrogens with one attached hydrogen (secondary N) is 1. The molecule has 0 saturated carbocycles. The number of carbonyl (C=O) groups excluding carboxylic acids is 1. The molecule has 0 unspecified atom stereocenters. The molecule has 0 aliphatic rings. The van der Waals surface area contributed by atoms with Crippen molar-refractivity contribution in [3.63, 3.8) is 0 Å². The lowest BCUT2D eigenvalue weighted by molar-refractivity contribution is -0.385. The Morgan fingerprint density at radius 2 is 1.96 bits per heavy atom. The Morgan fingerprint density at radius 1 is 1.29 bits per heavy atom. The van der Waals surface area contributed by atoms with Crippen molar-refractivity contribution in [3.8, 4) is 11.5 Å². The first-order chi connectivity index (χ1) is 13.3. The van der Waals surface area contributed by atoms with Gasteiger partial charge in [-0.05, 0) is 12.8 Å². The van der Waals surface area contributed by atoms with Crippen LogP contribution in [0.3, 0.4) is 0 Å². The molecule has 0 fully saturated rings. The van der Waals surface area contributed by atoms with E-state index in [0.717, 1.165) is 37.1 Å². The van der Waals surface area contributed by atoms with E-state index in [4.69, 9.17) is 4.74 Å². The highest BCUT2D eigenvalue weighted by molar-refractivity contribution is 7.15. The highest BCUT2D eigenvalue weighted by Gasteiger charge is 2.27. The molecule has 0 aliphatic heterocycles. The number of carbonyl (C=O) groups is 1. The molecule has 2 aromatic rings. The highest BCUT2D eigenvalue weighted by atomic mass is 32.1. The van der Waals surface area contributed by atoms with Gasteiger partial charge in [0.1, 0.15) is 10.6 Å². The van der Waals surface area contributed by atoms with Gasteiger partial charge in [-0.1, -0.05) is 25.2 Å². The highest BCUT2D eigenvalue weighted by Crippen LogP contribution is 2.36. The number of benzene rings is 1. The number of rotatable bonds is 9. The van der Waals surface area contributed by atoms with Crippen LogP contribution in [0.2, 0.25) is 0 Å². The molecule has 1 heterocycles. The van der Waals surface area contributed by atoms with Crippen molar-refractivity contribution in [3.05, 3.63) is 32.8 Å². The normalized spacial score (nSPS) is 11.0. The number of halogens is 2. The summed E-state index contributed by atoms with van der Waals surface area (Å²) in [5.41, 5.74) is -1.10. The van der Waals surface area contributed by atoms with E-state index >= 15 is 0 Å². The molecule has 1 N–H and O–H groups in total. The zero-order valence-corrected chi connectivity index (χ0v) is 16.1. The van der Waals surface area contributed by atoms with Crippen molar-refractivity contribution in [2.24, 2.45) is 0 Å². The Morgan fingerprint density at radius 3 is 2.50 bits per heavy atom. The van der Waals surface area contributed by atoms with Gasteiger partial charge in [-0.2, -0.15) is 8.78 Å². The van der Waals surface area contributed by atoms with Crippen molar-refractivity contribution in [2.75, 3.05) is 12.4 Å². The summed E-state index contributed by atoms with van der Waals surface area (Å²) in [5, 5.41) is 22.6. The lowest BCUT2D eigenvalue weighted by Gasteiger charge is -2.11. The fourth-order valence-electron chi connectivity index (χ4n) is 2.48. The maximum absolute atomic E-state index is 12.5. The van der Waals surface area contributed by atoms with Crippen molar-refractivity contribution in [1.29, 1.82) is 0 Å². The van der Waals surface area contributed by atoms with E-state index in [0.29, 0.717) is 0 Å². The molecule has 0 atom stereocenters. The van der Waals surface area contributed by atoms with E-state index in [9.17, 15) is 23.7 Å². The van der Waals surface area contributed by atoms with Gasteiger partial charge >= 0.3 is 6.61 Å². The summed E-state index contributed by atoms with van der Waals surface area (Å²) >= 11 is 1.17. The van der Waals surface area contributed by atoms with Gasteiger partial charge in [-0.25, -0.2) is 0 Å². The number of amides is 1. The average Bonchev–Trinajstić information content (AvgIpc) is 3.10. The predicted octanol–water partition coefficient (Wildman–Crippen LogP) is 4.21. The number of nitrogens with zero attached hydrogens (tertiary/aromatic N) is 3. The first-order valence-corrected chi connectivity index (χ1v) is 9.08. The molecule has 0 aliphatic carbocycles. The molecule has 152 valence electrons. The van der Waals surface area contributed by atoms with Gasteiger partial charge in [0.2, 0.25) is 5.13 Å². The third-order valence-electron chi connectivity index (χ3n) is 3.94. The lowest BCUT2D eigenvalue weighted by Crippen LogP contribution is -2.15. The first kappa shape index (κ1) is 21.4. The molecule has 1 aromatic carbocycles. The summed E-state index contributed by atoms with van der Waals surface area (Å²) in [4.78, 5) is 23.0. The topological polar surface area (TPSA) is 116 Å². The Hall–Kier alpha value is -2.89. The smallest absolute Gasteiger partial charge is 0.387 e. The Balaban J connectivity index is 2.35. The number of methoxy groups -OCH3 is 1. The minimum Gasteiger partial charge on any atom is -0.493 e. The van der Waals surface area contributed by atoms with Gasteiger partial charge in [0, 0.05) is 12.0 Å². The number of nitro groups is 1. The van der Waals surface area contributed by atoms with Crippen LogP contribution in [0.25, 0.3) is 0 Å². The van der Waals surface area contributed by atoms with Gasteiger partial charge in [0.25, 0.3) is 11.6 Å². The summed E-state index contributed by atoms with van der Waals surface area (Å²) in [6.45, 7) is 0.803. The summed E-state index contributed by atoms with van der Waals surface area (Å²) < 4.78 is 34.1. The number of hydrogen-bond donors (Lipinski definition) is 1. The molecule has 1 aromatic heterocycles. The number of anilines is 1. The van der Waals surface area contributed by atoms with Crippen molar-refractivity contribution in [1.82, 2.24) is 10.2 Å². The lowest BCUT2D eigenvalue weighted by atomic mass is 10.1. The monoisotopic (exact) mass is 416 g/mol. The van der Waals surface area contributed by atoms with Gasteiger partial charge in [0.15, 0.2) is 11.5 Å². The van der Waals surface area contributed by atoms with E-state index in [1.54, 1.807) is 0 Å².